The van der Waals surface area contributed by atoms with Gasteiger partial charge in [0.25, 0.3) is 0 Å². The molecule has 1 aliphatic heterocycles. The van der Waals surface area contributed by atoms with Gasteiger partial charge in [0.05, 0.1) is 0 Å². The normalized spacial score (nSPS) is 25.9. The Hall–Kier alpha value is -0.650. The first kappa shape index (κ1) is 15.4. The van der Waals surface area contributed by atoms with Crippen LogP contribution in [0.15, 0.2) is 0 Å². The Balaban J connectivity index is 2.43. The third kappa shape index (κ3) is 3.67. The fourth-order valence-corrected chi connectivity index (χ4v) is 2.46. The second kappa shape index (κ2) is 6.50. The lowest BCUT2D eigenvalue weighted by molar-refractivity contribution is -0.144. The van der Waals surface area contributed by atoms with Crippen LogP contribution in [0.2, 0.25) is 0 Å². The monoisotopic (exact) mass is 257 g/mol. The van der Waals surface area contributed by atoms with Gasteiger partial charge in [0.15, 0.2) is 0 Å². The molecule has 0 saturated carbocycles. The second-order valence-corrected chi connectivity index (χ2v) is 5.42. The van der Waals surface area contributed by atoms with Crippen LogP contribution in [0.25, 0.3) is 0 Å². The van der Waals surface area contributed by atoms with Gasteiger partial charge in [-0.2, -0.15) is 0 Å². The predicted molar refractivity (Wildman–Crippen MR) is 72.9 cm³/mol. The molecule has 2 N–H and O–H groups in total. The molecule has 1 heterocycles. The van der Waals surface area contributed by atoms with Crippen LogP contribution < -0.4 is 5.32 Å². The number of rotatable bonds is 6. The lowest BCUT2D eigenvalue weighted by Gasteiger charge is -2.40. The van der Waals surface area contributed by atoms with E-state index < -0.39 is 11.5 Å². The van der Waals surface area contributed by atoms with Crippen molar-refractivity contribution in [3.63, 3.8) is 0 Å². The van der Waals surface area contributed by atoms with Crippen LogP contribution in [0, 0.1) is 0 Å². The summed E-state index contributed by atoms with van der Waals surface area (Å²) in [5.41, 5.74) is -0.814. The summed E-state index contributed by atoms with van der Waals surface area (Å²) in [5, 5.41) is 12.1. The maximum Gasteiger partial charge on any atom is 0.323 e. The van der Waals surface area contributed by atoms with Gasteiger partial charge in [-0.25, -0.2) is 0 Å². The highest BCUT2D eigenvalue weighted by Gasteiger charge is 2.32. The minimum absolute atomic E-state index is 0.564. The van der Waals surface area contributed by atoms with E-state index in [9.17, 15) is 9.90 Å². The van der Waals surface area contributed by atoms with Gasteiger partial charge in [-0.15, -0.1) is 0 Å². The van der Waals surface area contributed by atoms with Gasteiger partial charge < -0.3 is 15.3 Å². The van der Waals surface area contributed by atoms with Crippen LogP contribution in [-0.4, -0.2) is 72.2 Å². The molecule has 1 fully saturated rings. The van der Waals surface area contributed by atoms with Crippen molar-refractivity contribution in [3.05, 3.63) is 0 Å². The first-order valence-electron chi connectivity index (χ1n) is 6.81. The minimum atomic E-state index is -0.814. The van der Waals surface area contributed by atoms with Gasteiger partial charge >= 0.3 is 5.97 Å². The second-order valence-electron chi connectivity index (χ2n) is 5.42. The summed E-state index contributed by atoms with van der Waals surface area (Å²) < 4.78 is 0. The Morgan fingerprint density at radius 3 is 2.61 bits per heavy atom. The third-order valence-corrected chi connectivity index (χ3v) is 4.21. The minimum Gasteiger partial charge on any atom is -0.480 e. The Kier molecular flexibility index (Phi) is 5.56. The van der Waals surface area contributed by atoms with E-state index >= 15 is 0 Å². The Labute approximate surface area is 110 Å². The first-order chi connectivity index (χ1) is 8.42. The molecule has 0 spiro atoms. The molecule has 0 aromatic rings. The Morgan fingerprint density at radius 2 is 2.17 bits per heavy atom. The highest BCUT2D eigenvalue weighted by atomic mass is 16.4. The molecule has 1 rings (SSSR count). The number of hydrogen-bond acceptors (Lipinski definition) is 4. The van der Waals surface area contributed by atoms with Crippen molar-refractivity contribution < 1.29 is 9.90 Å². The van der Waals surface area contributed by atoms with Crippen LogP contribution in [-0.2, 0) is 4.79 Å². The van der Waals surface area contributed by atoms with Crippen LogP contribution >= 0.6 is 0 Å². The van der Waals surface area contributed by atoms with Crippen molar-refractivity contribution in [1.82, 2.24) is 15.1 Å². The fraction of sp³-hybridized carbons (Fsp3) is 0.923. The number of carboxylic acid groups (broad SMARTS) is 1. The van der Waals surface area contributed by atoms with Crippen LogP contribution in [0.5, 0.6) is 0 Å². The number of nitrogens with zero attached hydrogens (tertiary/aromatic N) is 2. The van der Waals surface area contributed by atoms with Crippen LogP contribution in [0.1, 0.15) is 27.2 Å². The summed E-state index contributed by atoms with van der Waals surface area (Å²) >= 11 is 0. The lowest BCUT2D eigenvalue weighted by Crippen LogP contribution is -2.54. The topological polar surface area (TPSA) is 55.8 Å². The zero-order valence-corrected chi connectivity index (χ0v) is 12.1. The average molecular weight is 257 g/mol. The SMILES string of the molecule is CCN1CCN(CCC(C)(NC)C(=O)O)CC1C. The number of carbonyl (C=O) groups is 1. The highest BCUT2D eigenvalue weighted by Crippen LogP contribution is 2.14. The molecule has 0 amide bonds. The van der Waals surface area contributed by atoms with Gasteiger partial charge in [-0.3, -0.25) is 9.69 Å². The zero-order chi connectivity index (χ0) is 13.8. The molecule has 18 heavy (non-hydrogen) atoms. The van der Waals surface area contributed by atoms with E-state index in [2.05, 4.69) is 29.0 Å². The molecule has 5 heteroatoms. The summed E-state index contributed by atoms with van der Waals surface area (Å²) in [6.07, 6.45) is 0.637. The molecular formula is C13H27N3O2. The summed E-state index contributed by atoms with van der Waals surface area (Å²) in [6.45, 7) is 11.3. The zero-order valence-electron chi connectivity index (χ0n) is 12.1. The number of nitrogens with one attached hydrogen (secondary N) is 1. The lowest BCUT2D eigenvalue weighted by atomic mass is 9.97. The molecule has 0 aromatic carbocycles. The molecule has 2 atom stereocenters. The summed E-state index contributed by atoms with van der Waals surface area (Å²) in [6, 6.07) is 0.564. The van der Waals surface area contributed by atoms with Crippen molar-refractivity contribution in [2.75, 3.05) is 39.8 Å². The Bertz CT molecular complexity index is 285. The predicted octanol–water partition coefficient (Wildman–Crippen LogP) is 0.465. The molecule has 106 valence electrons. The fourth-order valence-electron chi connectivity index (χ4n) is 2.46. The van der Waals surface area contributed by atoms with Gasteiger partial charge in [0.1, 0.15) is 5.54 Å². The number of carboxylic acids is 1. The van der Waals surface area contributed by atoms with Crippen molar-refractivity contribution in [1.29, 1.82) is 0 Å². The molecule has 0 radical (unpaired) electrons. The van der Waals surface area contributed by atoms with E-state index in [4.69, 9.17) is 0 Å². The summed E-state index contributed by atoms with van der Waals surface area (Å²) in [7, 11) is 1.71. The van der Waals surface area contributed by atoms with Gasteiger partial charge in [-0.1, -0.05) is 6.92 Å². The maximum atomic E-state index is 11.2. The van der Waals surface area contributed by atoms with E-state index in [1.807, 2.05) is 0 Å². The molecule has 0 bridgehead atoms. The molecular weight excluding hydrogens is 230 g/mol. The Morgan fingerprint density at radius 1 is 1.50 bits per heavy atom. The molecule has 0 aromatic heterocycles. The quantitative estimate of drug-likeness (QED) is 0.724. The molecule has 2 unspecified atom stereocenters. The standard InChI is InChI=1S/C13H27N3O2/c1-5-16-9-8-15(10-11(16)2)7-6-13(3,14-4)12(17)18/h11,14H,5-10H2,1-4H3,(H,17,18). The van der Waals surface area contributed by atoms with Crippen molar-refractivity contribution in [2.24, 2.45) is 0 Å². The smallest absolute Gasteiger partial charge is 0.323 e. The van der Waals surface area contributed by atoms with E-state index in [-0.39, 0.29) is 0 Å². The number of piperazine rings is 1. The van der Waals surface area contributed by atoms with E-state index in [1.54, 1.807) is 14.0 Å². The number of hydrogen-bond donors (Lipinski definition) is 2. The van der Waals surface area contributed by atoms with E-state index in [0.717, 1.165) is 32.7 Å². The maximum absolute atomic E-state index is 11.2. The van der Waals surface area contributed by atoms with Crippen molar-refractivity contribution in [3.8, 4) is 0 Å². The molecule has 0 aliphatic carbocycles. The van der Waals surface area contributed by atoms with Crippen molar-refractivity contribution >= 4 is 5.97 Å². The largest absolute Gasteiger partial charge is 0.480 e. The first-order valence-corrected chi connectivity index (χ1v) is 6.81. The summed E-state index contributed by atoms with van der Waals surface area (Å²) in [4.78, 5) is 16.0. The van der Waals surface area contributed by atoms with E-state index in [0.29, 0.717) is 12.5 Å². The number of likely N-dealkylation sites (N-methyl/N-ethyl adjacent to an activating group) is 2. The van der Waals surface area contributed by atoms with Gasteiger partial charge in [0, 0.05) is 32.2 Å². The molecule has 5 nitrogen and oxygen atoms in total. The van der Waals surface area contributed by atoms with Gasteiger partial charge in [0.2, 0.25) is 0 Å². The van der Waals surface area contributed by atoms with Gasteiger partial charge in [-0.05, 0) is 33.9 Å². The third-order valence-electron chi connectivity index (χ3n) is 4.21. The van der Waals surface area contributed by atoms with Crippen LogP contribution in [0.3, 0.4) is 0 Å². The average Bonchev–Trinajstić information content (AvgIpc) is 2.35. The summed E-state index contributed by atoms with van der Waals surface area (Å²) in [5.74, 6) is -0.773. The van der Waals surface area contributed by atoms with Crippen molar-refractivity contribution in [2.45, 2.75) is 38.8 Å². The molecule has 1 saturated heterocycles. The molecule has 1 aliphatic rings. The highest BCUT2D eigenvalue weighted by molar-refractivity contribution is 5.78. The number of aliphatic carboxylic acids is 1. The van der Waals surface area contributed by atoms with E-state index in [1.165, 1.54) is 0 Å². The van der Waals surface area contributed by atoms with Crippen LogP contribution in [0.4, 0.5) is 0 Å².